The Morgan fingerprint density at radius 1 is 1.40 bits per heavy atom. The maximum absolute atomic E-state index is 13.4. The molecule has 0 unspecified atom stereocenters. The average Bonchev–Trinajstić information content (AvgIpc) is 2.60. The first kappa shape index (κ1) is 10.7. The molecular formula is C11H12ClFO2. The van der Waals surface area contributed by atoms with E-state index in [1.807, 2.05) is 0 Å². The van der Waals surface area contributed by atoms with E-state index < -0.39 is 11.9 Å². The van der Waals surface area contributed by atoms with Crippen molar-refractivity contribution < 1.29 is 14.2 Å². The Hall–Kier alpha value is -0.800. The van der Waals surface area contributed by atoms with Gasteiger partial charge in [-0.05, 0) is 31.4 Å². The highest BCUT2D eigenvalue weighted by Crippen LogP contribution is 2.29. The van der Waals surface area contributed by atoms with E-state index in [0.29, 0.717) is 6.42 Å². The van der Waals surface area contributed by atoms with Crippen LogP contribution in [0.1, 0.15) is 19.3 Å². The molecule has 0 amide bonds. The van der Waals surface area contributed by atoms with Gasteiger partial charge in [0.15, 0.2) is 11.6 Å². The van der Waals surface area contributed by atoms with Crippen LogP contribution in [0.5, 0.6) is 5.75 Å². The Morgan fingerprint density at radius 3 is 2.87 bits per heavy atom. The van der Waals surface area contributed by atoms with Crippen molar-refractivity contribution in [3.8, 4) is 5.75 Å². The fourth-order valence-corrected chi connectivity index (χ4v) is 1.95. The highest BCUT2D eigenvalue weighted by Gasteiger charge is 2.27. The lowest BCUT2D eigenvalue weighted by Crippen LogP contribution is -2.26. The maximum Gasteiger partial charge on any atom is 0.183 e. The molecule has 1 aliphatic rings. The third-order valence-electron chi connectivity index (χ3n) is 2.61. The third-order valence-corrected chi connectivity index (χ3v) is 2.90. The van der Waals surface area contributed by atoms with Crippen molar-refractivity contribution in [3.63, 3.8) is 0 Å². The van der Waals surface area contributed by atoms with Gasteiger partial charge in [-0.1, -0.05) is 17.7 Å². The van der Waals surface area contributed by atoms with Gasteiger partial charge in [0.05, 0.1) is 11.1 Å². The normalized spacial score (nSPS) is 25.5. The zero-order valence-electron chi connectivity index (χ0n) is 8.12. The van der Waals surface area contributed by atoms with Crippen molar-refractivity contribution in [2.75, 3.05) is 0 Å². The van der Waals surface area contributed by atoms with Gasteiger partial charge in [0.1, 0.15) is 6.10 Å². The molecule has 2 nitrogen and oxygen atoms in total. The molecule has 1 aliphatic carbocycles. The van der Waals surface area contributed by atoms with Gasteiger partial charge in [0, 0.05) is 0 Å². The van der Waals surface area contributed by atoms with E-state index in [9.17, 15) is 9.50 Å². The minimum atomic E-state index is -0.557. The number of hydrogen-bond donors (Lipinski definition) is 1. The topological polar surface area (TPSA) is 29.5 Å². The van der Waals surface area contributed by atoms with Crippen molar-refractivity contribution in [2.45, 2.75) is 31.5 Å². The molecule has 0 aromatic heterocycles. The van der Waals surface area contributed by atoms with E-state index in [-0.39, 0.29) is 16.9 Å². The number of hydrogen-bond acceptors (Lipinski definition) is 2. The summed E-state index contributed by atoms with van der Waals surface area (Å²) in [5, 5.41) is 9.57. The molecule has 15 heavy (non-hydrogen) atoms. The van der Waals surface area contributed by atoms with Crippen LogP contribution in [-0.2, 0) is 0 Å². The van der Waals surface area contributed by atoms with E-state index in [0.717, 1.165) is 12.8 Å². The van der Waals surface area contributed by atoms with Crippen LogP contribution in [0, 0.1) is 5.82 Å². The average molecular weight is 231 g/mol. The molecule has 0 saturated heterocycles. The Labute approximate surface area is 92.6 Å². The summed E-state index contributed by atoms with van der Waals surface area (Å²) in [6, 6.07) is 4.61. The van der Waals surface area contributed by atoms with E-state index in [4.69, 9.17) is 16.3 Å². The van der Waals surface area contributed by atoms with Crippen molar-refractivity contribution in [3.05, 3.63) is 29.0 Å². The van der Waals surface area contributed by atoms with Gasteiger partial charge >= 0.3 is 0 Å². The fourth-order valence-electron chi connectivity index (χ4n) is 1.78. The largest absolute Gasteiger partial charge is 0.485 e. The second-order valence-electron chi connectivity index (χ2n) is 3.71. The molecule has 0 spiro atoms. The molecule has 0 radical (unpaired) electrons. The van der Waals surface area contributed by atoms with E-state index in [2.05, 4.69) is 0 Å². The van der Waals surface area contributed by atoms with Crippen LogP contribution in [0.2, 0.25) is 5.02 Å². The molecule has 82 valence electrons. The first-order valence-electron chi connectivity index (χ1n) is 4.97. The lowest BCUT2D eigenvalue weighted by molar-refractivity contribution is 0.0579. The highest BCUT2D eigenvalue weighted by atomic mass is 35.5. The summed E-state index contributed by atoms with van der Waals surface area (Å²) < 4.78 is 18.8. The second kappa shape index (κ2) is 4.37. The summed E-state index contributed by atoms with van der Waals surface area (Å²) in [6.07, 6.45) is 1.58. The first-order chi connectivity index (χ1) is 7.18. The van der Waals surface area contributed by atoms with Crippen molar-refractivity contribution in [2.24, 2.45) is 0 Å². The standard InChI is InChI=1S/C11H12ClFO2/c12-7-3-1-6-10(11(7)13)15-9-5-2-4-8(9)14/h1,3,6,8-9,14H,2,4-5H2/t8-,9-/m0/s1. The van der Waals surface area contributed by atoms with Crippen molar-refractivity contribution in [1.82, 2.24) is 0 Å². The van der Waals surface area contributed by atoms with Gasteiger partial charge in [0.25, 0.3) is 0 Å². The van der Waals surface area contributed by atoms with Gasteiger partial charge in [-0.25, -0.2) is 4.39 Å². The molecule has 1 saturated carbocycles. The number of benzene rings is 1. The van der Waals surface area contributed by atoms with Crippen molar-refractivity contribution >= 4 is 11.6 Å². The maximum atomic E-state index is 13.4. The Balaban J connectivity index is 2.13. The molecule has 4 heteroatoms. The van der Waals surface area contributed by atoms with Crippen LogP contribution in [0.3, 0.4) is 0 Å². The third kappa shape index (κ3) is 2.24. The molecule has 0 heterocycles. The number of halogens is 2. The number of rotatable bonds is 2. The molecule has 2 rings (SSSR count). The van der Waals surface area contributed by atoms with Gasteiger partial charge in [-0.3, -0.25) is 0 Å². The molecule has 0 aliphatic heterocycles. The van der Waals surface area contributed by atoms with E-state index in [1.165, 1.54) is 12.1 Å². The molecule has 0 bridgehead atoms. The summed E-state index contributed by atoms with van der Waals surface area (Å²) in [4.78, 5) is 0. The Morgan fingerprint density at radius 2 is 2.20 bits per heavy atom. The van der Waals surface area contributed by atoms with Crippen LogP contribution in [0.25, 0.3) is 0 Å². The second-order valence-corrected chi connectivity index (χ2v) is 4.11. The van der Waals surface area contributed by atoms with Crippen LogP contribution in [-0.4, -0.2) is 17.3 Å². The minimum Gasteiger partial charge on any atom is -0.485 e. The molecule has 1 fully saturated rings. The van der Waals surface area contributed by atoms with Crippen molar-refractivity contribution in [1.29, 1.82) is 0 Å². The monoisotopic (exact) mass is 230 g/mol. The SMILES string of the molecule is O[C@H]1CCC[C@@H]1Oc1cccc(Cl)c1F. The lowest BCUT2D eigenvalue weighted by atomic mass is 10.2. The van der Waals surface area contributed by atoms with Gasteiger partial charge in [0.2, 0.25) is 0 Å². The number of aliphatic hydroxyl groups is 1. The van der Waals surface area contributed by atoms with Crippen LogP contribution in [0.4, 0.5) is 4.39 Å². The minimum absolute atomic E-state index is 0.0417. The molecular weight excluding hydrogens is 219 g/mol. The van der Waals surface area contributed by atoms with Gasteiger partial charge < -0.3 is 9.84 Å². The quantitative estimate of drug-likeness (QED) is 0.847. The molecule has 1 aromatic carbocycles. The zero-order chi connectivity index (χ0) is 10.8. The summed E-state index contributed by atoms with van der Waals surface area (Å²) in [7, 11) is 0. The lowest BCUT2D eigenvalue weighted by Gasteiger charge is -2.17. The molecule has 1 aromatic rings. The number of aliphatic hydroxyl groups excluding tert-OH is 1. The van der Waals surface area contributed by atoms with Gasteiger partial charge in [-0.2, -0.15) is 0 Å². The van der Waals surface area contributed by atoms with Crippen LogP contribution in [0.15, 0.2) is 18.2 Å². The smallest absolute Gasteiger partial charge is 0.183 e. The molecule has 1 N–H and O–H groups in total. The van der Waals surface area contributed by atoms with E-state index >= 15 is 0 Å². The Bertz CT molecular complexity index is 356. The predicted octanol–water partition coefficient (Wildman–Crippen LogP) is 2.77. The summed E-state index contributed by atoms with van der Waals surface area (Å²) in [6.45, 7) is 0. The van der Waals surface area contributed by atoms with Crippen LogP contribution < -0.4 is 4.74 Å². The van der Waals surface area contributed by atoms with Crippen LogP contribution >= 0.6 is 11.6 Å². The summed E-state index contributed by atoms with van der Waals surface area (Å²) in [5.74, 6) is -0.438. The first-order valence-corrected chi connectivity index (χ1v) is 5.35. The number of ether oxygens (including phenoxy) is 1. The van der Waals surface area contributed by atoms with E-state index in [1.54, 1.807) is 6.07 Å². The zero-order valence-corrected chi connectivity index (χ0v) is 8.88. The van der Waals surface area contributed by atoms with Gasteiger partial charge in [-0.15, -0.1) is 0 Å². The molecule has 2 atom stereocenters. The highest BCUT2D eigenvalue weighted by molar-refractivity contribution is 6.30. The Kier molecular flexibility index (Phi) is 3.12. The summed E-state index contributed by atoms with van der Waals surface area (Å²) in [5.41, 5.74) is 0. The fraction of sp³-hybridized carbons (Fsp3) is 0.455. The summed E-state index contributed by atoms with van der Waals surface area (Å²) >= 11 is 5.62. The predicted molar refractivity (Wildman–Crippen MR) is 55.7 cm³/mol.